The third-order valence-electron chi connectivity index (χ3n) is 16.0. The first-order valence-electron chi connectivity index (χ1n) is 27.2. The minimum Gasteiger partial charge on any atom is -0.327 e. The molecular weight excluding hydrogens is 979 g/mol. The van der Waals surface area contributed by atoms with Crippen LogP contribution >= 0.6 is 11.8 Å². The van der Waals surface area contributed by atoms with Crippen LogP contribution in [0.4, 0.5) is 17.1 Å². The van der Waals surface area contributed by atoms with E-state index in [1.807, 2.05) is 12.1 Å². The summed E-state index contributed by atoms with van der Waals surface area (Å²) in [4.78, 5) is 13.0. The van der Waals surface area contributed by atoms with Gasteiger partial charge in [0, 0.05) is 51.2 Å². The molecule has 0 atom stereocenters. The summed E-state index contributed by atoms with van der Waals surface area (Å²) in [6.07, 6.45) is 4.31. The number of allylic oxidation sites excluding steroid dienone is 4. The highest BCUT2D eigenvalue weighted by molar-refractivity contribution is 8.04. The average Bonchev–Trinajstić information content (AvgIpc) is 2.65. The topological polar surface area (TPSA) is 77.8 Å². The van der Waals surface area contributed by atoms with Crippen molar-refractivity contribution in [3.05, 3.63) is 314 Å². The predicted octanol–water partition coefficient (Wildman–Crippen LogP) is 17.6. The SMILES string of the molecule is C=C(Sc1ccccc1C)C(=N)c1ccc2c(c1)C(C)(C)c1ccccc1-2.C=NC.NCC1=CC2=C(CC1)C1(c3ccccc3N(c3ccccc3)c3ccccc31)c1cccc(C(=NCc3ccccc3)c3ccccc3)c12. The molecule has 0 saturated heterocycles. The van der Waals surface area contributed by atoms with Gasteiger partial charge in [0.05, 0.1) is 34.8 Å². The molecule has 9 aromatic rings. The van der Waals surface area contributed by atoms with Crippen LogP contribution in [0.2, 0.25) is 0 Å². The Kier molecular flexibility index (Phi) is 14.8. The largest absolute Gasteiger partial charge is 0.327 e. The van der Waals surface area contributed by atoms with Gasteiger partial charge in [0.1, 0.15) is 0 Å². The maximum Gasteiger partial charge on any atom is 0.0745 e. The van der Waals surface area contributed by atoms with Crippen molar-refractivity contribution in [3.8, 4) is 11.1 Å². The Morgan fingerprint density at radius 1 is 0.620 bits per heavy atom. The summed E-state index contributed by atoms with van der Waals surface area (Å²) in [7, 11) is 1.64. The normalized spacial score (nSPS) is 14.6. The first kappa shape index (κ1) is 52.4. The lowest BCUT2D eigenvalue weighted by atomic mass is 9.62. The third-order valence-corrected chi connectivity index (χ3v) is 17.1. The third kappa shape index (κ3) is 9.45. The summed E-state index contributed by atoms with van der Waals surface area (Å²) < 4.78 is 0. The average molecular weight is 1040 g/mol. The number of fused-ring (bicyclic) bond motifs is 11. The van der Waals surface area contributed by atoms with E-state index >= 15 is 0 Å². The number of para-hydroxylation sites is 3. The summed E-state index contributed by atoms with van der Waals surface area (Å²) >= 11 is 1.57. The van der Waals surface area contributed by atoms with Crippen LogP contribution in [0.3, 0.4) is 0 Å². The minimum atomic E-state index is -0.461. The molecule has 0 unspecified atom stereocenters. The molecule has 6 heteroatoms. The molecule has 0 saturated carbocycles. The zero-order chi connectivity index (χ0) is 54.7. The molecule has 1 aliphatic heterocycles. The highest BCUT2D eigenvalue weighted by atomic mass is 32.2. The maximum absolute atomic E-state index is 8.69. The summed E-state index contributed by atoms with van der Waals surface area (Å²) in [5.74, 6) is 0. The Balaban J connectivity index is 0.000000186. The molecule has 1 spiro atoms. The number of rotatable bonds is 10. The fraction of sp³-hybridized carbons (Fsp3) is 0.137. The van der Waals surface area contributed by atoms with Crippen molar-refractivity contribution in [2.45, 2.75) is 55.9 Å². The van der Waals surface area contributed by atoms with Crippen LogP contribution in [0.1, 0.15) is 87.9 Å². The van der Waals surface area contributed by atoms with E-state index in [0.29, 0.717) is 18.8 Å². The number of nitrogens with zero attached hydrogens (tertiary/aromatic N) is 3. The molecule has 4 aliphatic rings. The van der Waals surface area contributed by atoms with Crippen molar-refractivity contribution in [1.82, 2.24) is 0 Å². The smallest absolute Gasteiger partial charge is 0.0745 e. The standard InChI is InChI=1S/C46H37N3.C25H23NS.C2H5N/c47-30-33-27-28-38-37(29-33)44-36(45(34-17-6-2-7-18-34)48-31-32-15-4-1-5-16-32)21-14-24-41(44)46(38)39-22-10-12-25-42(39)49(35-19-8-3-9-20-35)43-26-13-11-23-40(43)46;1-16-9-5-8-12-23(16)27-17(2)24(26)18-13-14-20-19-10-6-7-11-21(19)25(3,4)22(20)15-18;1-3-2/h1-26,29H,27-28,30-31,47H2;5-15,26H,2H2,1,3-4H3;1H2,2H3. The fourth-order valence-corrected chi connectivity index (χ4v) is 13.2. The molecule has 0 radical (unpaired) electrons. The van der Waals surface area contributed by atoms with Gasteiger partial charge in [-0.15, -0.1) is 0 Å². The molecule has 0 amide bonds. The van der Waals surface area contributed by atoms with Crippen LogP contribution in [-0.4, -0.2) is 31.7 Å². The maximum atomic E-state index is 8.69. The number of hydrogen-bond acceptors (Lipinski definition) is 6. The zero-order valence-corrected chi connectivity index (χ0v) is 46.3. The van der Waals surface area contributed by atoms with Crippen LogP contribution in [-0.2, 0) is 17.4 Å². The van der Waals surface area contributed by atoms with Crippen LogP contribution in [0.5, 0.6) is 0 Å². The number of nitrogens with two attached hydrogens (primary N) is 1. The Labute approximate surface area is 470 Å². The van der Waals surface area contributed by atoms with Crippen molar-refractivity contribution in [1.29, 1.82) is 5.41 Å². The van der Waals surface area contributed by atoms with Gasteiger partial charge >= 0.3 is 0 Å². The highest BCUT2D eigenvalue weighted by Crippen LogP contribution is 2.65. The summed E-state index contributed by atoms with van der Waals surface area (Å²) in [5.41, 5.74) is 31.1. The van der Waals surface area contributed by atoms with Crippen molar-refractivity contribution in [2.75, 3.05) is 18.5 Å². The van der Waals surface area contributed by atoms with E-state index in [1.165, 1.54) is 89.3 Å². The van der Waals surface area contributed by atoms with Gasteiger partial charge in [-0.2, -0.15) is 0 Å². The molecule has 0 fully saturated rings. The Morgan fingerprint density at radius 2 is 1.19 bits per heavy atom. The second-order valence-electron chi connectivity index (χ2n) is 21.0. The Morgan fingerprint density at radius 3 is 1.86 bits per heavy atom. The van der Waals surface area contributed by atoms with Crippen LogP contribution in [0, 0.1) is 12.3 Å². The number of nitrogens with one attached hydrogen (secondary N) is 1. The van der Waals surface area contributed by atoms with Gasteiger partial charge in [-0.1, -0.05) is 232 Å². The molecule has 5 nitrogen and oxygen atoms in total. The molecule has 0 bridgehead atoms. The van der Waals surface area contributed by atoms with Gasteiger partial charge in [0.15, 0.2) is 0 Å². The van der Waals surface area contributed by atoms with Gasteiger partial charge in [-0.05, 0) is 130 Å². The van der Waals surface area contributed by atoms with Gasteiger partial charge in [0.2, 0.25) is 0 Å². The van der Waals surface area contributed by atoms with Crippen LogP contribution in [0.25, 0.3) is 16.7 Å². The molecule has 0 aromatic heterocycles. The second-order valence-corrected chi connectivity index (χ2v) is 22.1. The van der Waals surface area contributed by atoms with Crippen LogP contribution < -0.4 is 10.6 Å². The number of anilines is 3. The molecule has 3 aliphatic carbocycles. The van der Waals surface area contributed by atoms with E-state index in [2.05, 4.69) is 262 Å². The van der Waals surface area contributed by atoms with Crippen LogP contribution in [0.15, 0.2) is 268 Å². The second kappa shape index (κ2) is 22.4. The summed E-state index contributed by atoms with van der Waals surface area (Å²) in [6, 6.07) is 80.2. The lowest BCUT2D eigenvalue weighted by molar-refractivity contribution is 0.660. The molecule has 1 heterocycles. The van der Waals surface area contributed by atoms with E-state index < -0.39 is 5.41 Å². The van der Waals surface area contributed by atoms with E-state index in [4.69, 9.17) is 16.1 Å². The monoisotopic (exact) mass is 1040 g/mol. The molecule has 13 rings (SSSR count). The fourth-order valence-electron chi connectivity index (χ4n) is 12.3. The molecular formula is C73H65N5S. The number of aryl methyl sites for hydroxylation is 1. The Hall–Kier alpha value is -8.68. The van der Waals surface area contributed by atoms with Gasteiger partial charge in [-0.25, -0.2) is 0 Å². The van der Waals surface area contributed by atoms with Crippen molar-refractivity contribution in [2.24, 2.45) is 15.7 Å². The molecule has 388 valence electrons. The van der Waals surface area contributed by atoms with E-state index in [9.17, 15) is 0 Å². The predicted molar refractivity (Wildman–Crippen MR) is 335 cm³/mol. The summed E-state index contributed by atoms with van der Waals surface area (Å²) in [5, 5.41) is 8.69. The lowest BCUT2D eigenvalue weighted by Gasteiger charge is -2.46. The minimum absolute atomic E-state index is 0.0489. The summed E-state index contributed by atoms with van der Waals surface area (Å²) in [6.45, 7) is 15.1. The van der Waals surface area contributed by atoms with E-state index in [1.54, 1.807) is 18.8 Å². The molecule has 79 heavy (non-hydrogen) atoms. The van der Waals surface area contributed by atoms with E-state index in [0.717, 1.165) is 45.2 Å². The number of benzene rings is 9. The van der Waals surface area contributed by atoms with Crippen molar-refractivity contribution < 1.29 is 0 Å². The molecule has 9 aromatic carbocycles. The quantitative estimate of drug-likeness (QED) is 0.106. The highest BCUT2D eigenvalue weighted by Gasteiger charge is 2.53. The van der Waals surface area contributed by atoms with Crippen molar-refractivity contribution >= 4 is 52.5 Å². The van der Waals surface area contributed by atoms with Gasteiger partial charge in [0.25, 0.3) is 0 Å². The number of aliphatic imine (C=N–C) groups is 2. The van der Waals surface area contributed by atoms with E-state index in [-0.39, 0.29) is 5.41 Å². The lowest BCUT2D eigenvalue weighted by Crippen LogP contribution is -2.37. The number of thioether (sulfide) groups is 1. The first-order valence-corrected chi connectivity index (χ1v) is 28.0. The molecule has 3 N–H and O–H groups in total. The van der Waals surface area contributed by atoms with Gasteiger partial charge < -0.3 is 15.6 Å². The first-order chi connectivity index (χ1) is 38.6. The number of hydrogen-bond donors (Lipinski definition) is 2. The van der Waals surface area contributed by atoms with Gasteiger partial charge in [-0.3, -0.25) is 10.4 Å². The van der Waals surface area contributed by atoms with Crippen molar-refractivity contribution in [3.63, 3.8) is 0 Å². The Bertz CT molecular complexity index is 3840. The zero-order valence-electron chi connectivity index (χ0n) is 45.5.